The van der Waals surface area contributed by atoms with Gasteiger partial charge < -0.3 is 4.74 Å². The third-order valence-electron chi connectivity index (χ3n) is 2.02. The van der Waals surface area contributed by atoms with Crippen LogP contribution in [0.1, 0.15) is 17.3 Å². The molecule has 0 atom stereocenters. The number of aromatic nitrogens is 3. The summed E-state index contributed by atoms with van der Waals surface area (Å²) in [6, 6.07) is 0. The molecule has 0 aliphatic carbocycles. The van der Waals surface area contributed by atoms with Gasteiger partial charge in [0, 0.05) is 11.6 Å². The van der Waals surface area contributed by atoms with Crippen molar-refractivity contribution in [3.05, 3.63) is 23.3 Å². The summed E-state index contributed by atoms with van der Waals surface area (Å²) in [6.07, 6.45) is 2.57. The summed E-state index contributed by atoms with van der Waals surface area (Å²) >= 11 is 1.12. The molecule has 0 aromatic carbocycles. The molecule has 2 heterocycles. The van der Waals surface area contributed by atoms with Gasteiger partial charge in [-0.2, -0.15) is 13.5 Å². The van der Waals surface area contributed by atoms with Crippen LogP contribution in [0.4, 0.5) is 5.13 Å². The molecule has 19 heavy (non-hydrogen) atoms. The number of carbonyl (C=O) groups excluding carboxylic acids is 1. The van der Waals surface area contributed by atoms with Crippen LogP contribution in [0.3, 0.4) is 0 Å². The first-order valence-electron chi connectivity index (χ1n) is 5.17. The van der Waals surface area contributed by atoms with Crippen LogP contribution in [-0.4, -0.2) is 36.2 Å². The molecule has 0 fully saturated rings. The van der Waals surface area contributed by atoms with Gasteiger partial charge in [0.1, 0.15) is 5.56 Å². The second kappa shape index (κ2) is 5.36. The number of hydrogen-bond donors (Lipinski definition) is 2. The fourth-order valence-corrected chi connectivity index (χ4v) is 3.15. The fourth-order valence-electron chi connectivity index (χ4n) is 1.27. The normalized spacial score (nSPS) is 11.2. The van der Waals surface area contributed by atoms with E-state index in [-0.39, 0.29) is 22.3 Å². The maximum atomic E-state index is 12.1. The lowest BCUT2D eigenvalue weighted by atomic mass is 10.4. The van der Waals surface area contributed by atoms with Crippen molar-refractivity contribution >= 4 is 32.5 Å². The van der Waals surface area contributed by atoms with Gasteiger partial charge in [-0.15, -0.1) is 11.3 Å². The molecule has 2 rings (SSSR count). The SMILES string of the molecule is CCOC(=O)c1cn[nH]c1S(=O)(=O)Nc1nccs1. The van der Waals surface area contributed by atoms with Gasteiger partial charge in [0.05, 0.1) is 12.8 Å². The lowest BCUT2D eigenvalue weighted by Gasteiger charge is -2.05. The van der Waals surface area contributed by atoms with Crippen LogP contribution in [0, 0.1) is 0 Å². The third kappa shape index (κ3) is 2.90. The fraction of sp³-hybridized carbons (Fsp3) is 0.222. The molecule has 0 saturated heterocycles. The second-order valence-corrected chi connectivity index (χ2v) is 5.79. The lowest BCUT2D eigenvalue weighted by Crippen LogP contribution is -2.17. The van der Waals surface area contributed by atoms with E-state index in [9.17, 15) is 13.2 Å². The summed E-state index contributed by atoms with van der Waals surface area (Å²) in [5.41, 5.74) is -0.147. The monoisotopic (exact) mass is 302 g/mol. The van der Waals surface area contributed by atoms with Gasteiger partial charge in [0.2, 0.25) is 0 Å². The first-order valence-corrected chi connectivity index (χ1v) is 7.53. The number of H-pyrrole nitrogens is 1. The zero-order valence-corrected chi connectivity index (χ0v) is 11.4. The van der Waals surface area contributed by atoms with Gasteiger partial charge in [0.15, 0.2) is 10.2 Å². The zero-order valence-electron chi connectivity index (χ0n) is 9.78. The molecule has 2 N–H and O–H groups in total. The van der Waals surface area contributed by atoms with Gasteiger partial charge in [-0.3, -0.25) is 9.82 Å². The molecular formula is C9H10N4O4S2. The van der Waals surface area contributed by atoms with Crippen LogP contribution in [0.15, 0.2) is 22.8 Å². The summed E-state index contributed by atoms with van der Waals surface area (Å²) in [5.74, 6) is -0.754. The van der Waals surface area contributed by atoms with E-state index >= 15 is 0 Å². The summed E-state index contributed by atoms with van der Waals surface area (Å²) in [6.45, 7) is 1.77. The van der Waals surface area contributed by atoms with E-state index in [1.165, 1.54) is 6.20 Å². The highest BCUT2D eigenvalue weighted by atomic mass is 32.2. The van der Waals surface area contributed by atoms with Crippen molar-refractivity contribution in [2.24, 2.45) is 0 Å². The highest BCUT2D eigenvalue weighted by molar-refractivity contribution is 7.92. The van der Waals surface area contributed by atoms with Crippen LogP contribution in [-0.2, 0) is 14.8 Å². The molecule has 0 amide bonds. The van der Waals surface area contributed by atoms with Crippen molar-refractivity contribution in [3.8, 4) is 0 Å². The molecule has 0 saturated carbocycles. The Morgan fingerprint density at radius 3 is 3.00 bits per heavy atom. The van der Waals surface area contributed by atoms with E-state index in [1.807, 2.05) is 0 Å². The molecule has 102 valence electrons. The molecule has 0 aliphatic heterocycles. The number of sulfonamides is 1. The highest BCUT2D eigenvalue weighted by Gasteiger charge is 2.26. The van der Waals surface area contributed by atoms with E-state index in [0.717, 1.165) is 17.5 Å². The Hall–Kier alpha value is -1.94. The second-order valence-electron chi connectivity index (χ2n) is 3.28. The Morgan fingerprint density at radius 2 is 2.37 bits per heavy atom. The van der Waals surface area contributed by atoms with Crippen molar-refractivity contribution in [2.75, 3.05) is 11.3 Å². The number of thiazole rings is 1. The smallest absolute Gasteiger partial charge is 0.342 e. The number of anilines is 1. The Balaban J connectivity index is 2.31. The van der Waals surface area contributed by atoms with Crippen molar-refractivity contribution in [1.29, 1.82) is 0 Å². The topological polar surface area (TPSA) is 114 Å². The van der Waals surface area contributed by atoms with Gasteiger partial charge in [0.25, 0.3) is 10.0 Å². The van der Waals surface area contributed by atoms with E-state index in [2.05, 4.69) is 19.9 Å². The van der Waals surface area contributed by atoms with E-state index in [1.54, 1.807) is 12.3 Å². The number of nitrogens with zero attached hydrogens (tertiary/aromatic N) is 2. The van der Waals surface area contributed by atoms with Crippen molar-refractivity contribution < 1.29 is 17.9 Å². The van der Waals surface area contributed by atoms with E-state index in [0.29, 0.717) is 0 Å². The molecule has 0 spiro atoms. The van der Waals surface area contributed by atoms with Crippen LogP contribution >= 0.6 is 11.3 Å². The number of rotatable bonds is 5. The highest BCUT2D eigenvalue weighted by Crippen LogP contribution is 2.19. The number of ether oxygens (including phenoxy) is 1. The minimum Gasteiger partial charge on any atom is -0.462 e. The average molecular weight is 302 g/mol. The predicted molar refractivity (Wildman–Crippen MR) is 67.5 cm³/mol. The Kier molecular flexibility index (Phi) is 3.81. The van der Waals surface area contributed by atoms with Crippen LogP contribution in [0.2, 0.25) is 0 Å². The number of esters is 1. The Morgan fingerprint density at radius 1 is 1.58 bits per heavy atom. The molecule has 2 aromatic heterocycles. The molecule has 2 aromatic rings. The number of nitrogens with one attached hydrogen (secondary N) is 2. The summed E-state index contributed by atoms with van der Waals surface area (Å²) < 4.78 is 31.1. The first-order chi connectivity index (χ1) is 9.04. The van der Waals surface area contributed by atoms with Crippen LogP contribution < -0.4 is 4.72 Å². The van der Waals surface area contributed by atoms with E-state index < -0.39 is 16.0 Å². The average Bonchev–Trinajstić information content (AvgIpc) is 2.98. The zero-order chi connectivity index (χ0) is 13.9. The minimum atomic E-state index is -3.95. The molecule has 8 nitrogen and oxygen atoms in total. The summed E-state index contributed by atoms with van der Waals surface area (Å²) in [7, 11) is -3.95. The molecule has 0 aliphatic rings. The molecule has 0 unspecified atom stereocenters. The minimum absolute atomic E-state index is 0.142. The Labute approximate surface area is 112 Å². The molecular weight excluding hydrogens is 292 g/mol. The van der Waals surface area contributed by atoms with Gasteiger partial charge >= 0.3 is 5.97 Å². The quantitative estimate of drug-likeness (QED) is 0.791. The molecule has 0 bridgehead atoms. The molecule has 0 radical (unpaired) electrons. The maximum Gasteiger partial charge on any atom is 0.342 e. The van der Waals surface area contributed by atoms with Crippen LogP contribution in [0.25, 0.3) is 0 Å². The van der Waals surface area contributed by atoms with Crippen molar-refractivity contribution in [1.82, 2.24) is 15.2 Å². The van der Waals surface area contributed by atoms with Crippen LogP contribution in [0.5, 0.6) is 0 Å². The third-order valence-corrected chi connectivity index (χ3v) is 4.15. The van der Waals surface area contributed by atoms with Gasteiger partial charge in [-0.05, 0) is 6.92 Å². The maximum absolute atomic E-state index is 12.1. The largest absolute Gasteiger partial charge is 0.462 e. The molecule has 10 heteroatoms. The van der Waals surface area contributed by atoms with Crippen molar-refractivity contribution in [2.45, 2.75) is 11.9 Å². The Bertz CT molecular complexity index is 662. The number of carbonyl (C=O) groups is 1. The predicted octanol–water partition coefficient (Wildman–Crippen LogP) is 0.844. The first kappa shape index (κ1) is 13.5. The van der Waals surface area contributed by atoms with Gasteiger partial charge in [-0.1, -0.05) is 0 Å². The standard InChI is InChI=1S/C9H10N4O4S2/c1-2-17-8(14)6-5-11-12-7(6)19(15,16)13-9-10-3-4-18-9/h3-5H,2H2,1H3,(H,10,13)(H,11,12). The lowest BCUT2D eigenvalue weighted by molar-refractivity contribution is 0.0522. The summed E-state index contributed by atoms with van der Waals surface area (Å²) in [4.78, 5) is 15.4. The summed E-state index contributed by atoms with van der Waals surface area (Å²) in [5, 5.41) is 7.31. The van der Waals surface area contributed by atoms with E-state index in [4.69, 9.17) is 4.74 Å². The van der Waals surface area contributed by atoms with Gasteiger partial charge in [-0.25, -0.2) is 9.78 Å². The number of aromatic amines is 1. The number of hydrogen-bond acceptors (Lipinski definition) is 7. The van der Waals surface area contributed by atoms with Crippen molar-refractivity contribution in [3.63, 3.8) is 0 Å².